The van der Waals surface area contributed by atoms with Crippen molar-refractivity contribution in [2.75, 3.05) is 27.2 Å². The fourth-order valence-electron chi connectivity index (χ4n) is 2.48. The molecule has 1 aromatic carbocycles. The van der Waals surface area contributed by atoms with Crippen LogP contribution in [0.3, 0.4) is 0 Å². The molecule has 114 valence electrons. The molecule has 1 aliphatic heterocycles. The second kappa shape index (κ2) is 6.16. The largest absolute Gasteiger partial charge is 0.487 e. The number of nitrogens with zero attached hydrogens (tertiary/aromatic N) is 2. The third-order valence-corrected chi connectivity index (χ3v) is 3.93. The van der Waals surface area contributed by atoms with Crippen LogP contribution in [0.2, 0.25) is 0 Å². The van der Waals surface area contributed by atoms with Crippen molar-refractivity contribution in [2.45, 2.75) is 20.0 Å². The number of ether oxygens (including phenoxy) is 1. The van der Waals surface area contributed by atoms with Crippen LogP contribution in [0.5, 0.6) is 5.75 Å². The van der Waals surface area contributed by atoms with E-state index >= 15 is 0 Å². The predicted octanol–water partition coefficient (Wildman–Crippen LogP) is 1.63. The zero-order chi connectivity index (χ0) is 15.6. The first kappa shape index (κ1) is 15.4. The molecule has 0 N–H and O–H groups in total. The van der Waals surface area contributed by atoms with Gasteiger partial charge in [-0.15, -0.1) is 0 Å². The van der Waals surface area contributed by atoms with Crippen LogP contribution < -0.4 is 4.74 Å². The molecule has 2 rings (SSSR count). The van der Waals surface area contributed by atoms with E-state index < -0.39 is 0 Å². The summed E-state index contributed by atoms with van der Waals surface area (Å²) in [5, 5.41) is 0. The third-order valence-electron chi connectivity index (χ3n) is 3.93. The van der Waals surface area contributed by atoms with Gasteiger partial charge in [0.25, 0.3) is 5.91 Å². The Kier molecular flexibility index (Phi) is 4.50. The number of fused-ring (bicyclic) bond motifs is 1. The molecule has 0 aliphatic carbocycles. The molecule has 2 atom stereocenters. The second-order valence-electron chi connectivity index (χ2n) is 5.71. The van der Waals surface area contributed by atoms with E-state index in [0.717, 1.165) is 0 Å². The average Bonchev–Trinajstić information content (AvgIpc) is 2.45. The van der Waals surface area contributed by atoms with Crippen LogP contribution in [-0.4, -0.2) is 54.9 Å². The highest BCUT2D eigenvalue weighted by molar-refractivity contribution is 5.96. The first-order chi connectivity index (χ1) is 9.90. The SMILES string of the molecule is CC(=O)N(C)C[C@@H]1Oc2ccccc2C(=O)N(C)C[C@H]1C. The molecular weight excluding hydrogens is 268 g/mol. The minimum Gasteiger partial charge on any atom is -0.487 e. The van der Waals surface area contributed by atoms with Gasteiger partial charge in [0.15, 0.2) is 0 Å². The van der Waals surface area contributed by atoms with Gasteiger partial charge in [-0.3, -0.25) is 9.59 Å². The predicted molar refractivity (Wildman–Crippen MR) is 80.3 cm³/mol. The lowest BCUT2D eigenvalue weighted by Gasteiger charge is -2.34. The van der Waals surface area contributed by atoms with Gasteiger partial charge in [0.05, 0.1) is 12.1 Å². The number of benzene rings is 1. The van der Waals surface area contributed by atoms with Crippen LogP contribution in [0.25, 0.3) is 0 Å². The summed E-state index contributed by atoms with van der Waals surface area (Å²) in [5.74, 6) is 0.693. The summed E-state index contributed by atoms with van der Waals surface area (Å²) in [7, 11) is 3.56. The topological polar surface area (TPSA) is 49.9 Å². The number of likely N-dealkylation sites (N-methyl/N-ethyl adjacent to an activating group) is 1. The van der Waals surface area contributed by atoms with Crippen LogP contribution in [0.4, 0.5) is 0 Å². The second-order valence-corrected chi connectivity index (χ2v) is 5.71. The van der Waals surface area contributed by atoms with E-state index in [1.165, 1.54) is 6.92 Å². The van der Waals surface area contributed by atoms with Gasteiger partial charge >= 0.3 is 0 Å². The molecule has 21 heavy (non-hydrogen) atoms. The fourth-order valence-corrected chi connectivity index (χ4v) is 2.48. The van der Waals surface area contributed by atoms with Crippen molar-refractivity contribution in [3.8, 4) is 5.75 Å². The van der Waals surface area contributed by atoms with Crippen LogP contribution in [0.15, 0.2) is 24.3 Å². The lowest BCUT2D eigenvalue weighted by atomic mass is 10.0. The number of hydrogen-bond acceptors (Lipinski definition) is 3. The number of para-hydroxylation sites is 1. The molecule has 5 nitrogen and oxygen atoms in total. The third kappa shape index (κ3) is 3.35. The average molecular weight is 290 g/mol. The molecule has 2 amide bonds. The van der Waals surface area contributed by atoms with Gasteiger partial charge in [-0.2, -0.15) is 0 Å². The van der Waals surface area contributed by atoms with Gasteiger partial charge in [-0.25, -0.2) is 0 Å². The summed E-state index contributed by atoms with van der Waals surface area (Å²) >= 11 is 0. The lowest BCUT2D eigenvalue weighted by Crippen LogP contribution is -2.45. The smallest absolute Gasteiger partial charge is 0.257 e. The quantitative estimate of drug-likeness (QED) is 0.832. The van der Waals surface area contributed by atoms with Crippen LogP contribution in [0, 0.1) is 5.92 Å². The van der Waals surface area contributed by atoms with Gasteiger partial charge in [0.1, 0.15) is 11.9 Å². The zero-order valence-electron chi connectivity index (χ0n) is 13.0. The lowest BCUT2D eigenvalue weighted by molar-refractivity contribution is -0.129. The summed E-state index contributed by atoms with van der Waals surface area (Å²) in [6.45, 7) is 4.68. The van der Waals surface area contributed by atoms with E-state index in [4.69, 9.17) is 4.74 Å². The fraction of sp³-hybridized carbons (Fsp3) is 0.500. The van der Waals surface area contributed by atoms with E-state index in [0.29, 0.717) is 24.4 Å². The van der Waals surface area contributed by atoms with Crippen LogP contribution >= 0.6 is 0 Å². The van der Waals surface area contributed by atoms with Gasteiger partial charge in [0.2, 0.25) is 5.91 Å². The minimum atomic E-state index is -0.143. The first-order valence-electron chi connectivity index (χ1n) is 7.13. The van der Waals surface area contributed by atoms with E-state index in [-0.39, 0.29) is 23.8 Å². The summed E-state index contributed by atoms with van der Waals surface area (Å²) in [6, 6.07) is 7.26. The Labute approximate surface area is 125 Å². The molecule has 0 unspecified atom stereocenters. The maximum Gasteiger partial charge on any atom is 0.257 e. The summed E-state index contributed by atoms with van der Waals surface area (Å²) in [4.78, 5) is 27.2. The van der Waals surface area contributed by atoms with Crippen molar-refractivity contribution < 1.29 is 14.3 Å². The molecule has 0 radical (unpaired) electrons. The molecule has 0 saturated heterocycles. The first-order valence-corrected chi connectivity index (χ1v) is 7.13. The van der Waals surface area contributed by atoms with Gasteiger partial charge < -0.3 is 14.5 Å². The number of rotatable bonds is 2. The van der Waals surface area contributed by atoms with Crippen molar-refractivity contribution in [3.63, 3.8) is 0 Å². The Morgan fingerprint density at radius 1 is 1.43 bits per heavy atom. The van der Waals surface area contributed by atoms with E-state index in [2.05, 4.69) is 0 Å². The Bertz CT molecular complexity index is 544. The summed E-state index contributed by atoms with van der Waals surface area (Å²) < 4.78 is 6.05. The maximum absolute atomic E-state index is 12.4. The molecule has 0 fully saturated rings. The zero-order valence-corrected chi connectivity index (χ0v) is 13.0. The summed E-state index contributed by atoms with van der Waals surface area (Å²) in [5.41, 5.74) is 0.572. The van der Waals surface area contributed by atoms with E-state index in [9.17, 15) is 9.59 Å². The normalized spacial score (nSPS) is 21.9. The van der Waals surface area contributed by atoms with Crippen molar-refractivity contribution in [1.29, 1.82) is 0 Å². The highest BCUT2D eigenvalue weighted by Gasteiger charge is 2.29. The number of hydrogen-bond donors (Lipinski definition) is 0. The number of carbonyl (C=O) groups excluding carboxylic acids is 2. The molecule has 1 heterocycles. The van der Waals surface area contributed by atoms with E-state index in [1.54, 1.807) is 36.0 Å². The highest BCUT2D eigenvalue weighted by Crippen LogP contribution is 2.26. The molecule has 0 saturated carbocycles. The standard InChI is InChI=1S/C16H22N2O3/c1-11-9-18(4)16(20)13-7-5-6-8-14(13)21-15(11)10-17(3)12(2)19/h5-8,11,15H,9-10H2,1-4H3/t11-,15+/m1/s1. The molecule has 1 aromatic rings. The molecule has 5 heteroatoms. The number of carbonyl (C=O) groups is 2. The van der Waals surface area contributed by atoms with Crippen molar-refractivity contribution in [3.05, 3.63) is 29.8 Å². The molecule has 1 aliphatic rings. The Balaban J connectivity index is 2.31. The van der Waals surface area contributed by atoms with Crippen molar-refractivity contribution in [2.24, 2.45) is 5.92 Å². The van der Waals surface area contributed by atoms with Crippen molar-refractivity contribution >= 4 is 11.8 Å². The van der Waals surface area contributed by atoms with Crippen LogP contribution in [0.1, 0.15) is 24.2 Å². The number of amides is 2. The molecule has 0 spiro atoms. The van der Waals surface area contributed by atoms with Gasteiger partial charge in [0, 0.05) is 33.5 Å². The van der Waals surface area contributed by atoms with Gasteiger partial charge in [-0.1, -0.05) is 19.1 Å². The minimum absolute atomic E-state index is 0.00516. The highest BCUT2D eigenvalue weighted by atomic mass is 16.5. The Morgan fingerprint density at radius 3 is 2.76 bits per heavy atom. The monoisotopic (exact) mass is 290 g/mol. The maximum atomic E-state index is 12.4. The van der Waals surface area contributed by atoms with Gasteiger partial charge in [-0.05, 0) is 12.1 Å². The van der Waals surface area contributed by atoms with Crippen molar-refractivity contribution in [1.82, 2.24) is 9.80 Å². The Morgan fingerprint density at radius 2 is 2.10 bits per heavy atom. The van der Waals surface area contributed by atoms with Crippen LogP contribution in [-0.2, 0) is 4.79 Å². The molecule has 0 bridgehead atoms. The Hall–Kier alpha value is -2.04. The summed E-state index contributed by atoms with van der Waals surface area (Å²) in [6.07, 6.45) is -0.143. The molecular formula is C16H22N2O3. The molecule has 0 aromatic heterocycles. The van der Waals surface area contributed by atoms with E-state index in [1.807, 2.05) is 19.1 Å².